The monoisotopic (exact) mass is 272 g/mol. The lowest BCUT2D eigenvalue weighted by Gasteiger charge is -2.20. The number of hydrogen-bond acceptors (Lipinski definition) is 5. The van der Waals surface area contributed by atoms with Crippen LogP contribution in [0.2, 0.25) is 0 Å². The smallest absolute Gasteiger partial charge is 0.312 e. The number of para-hydroxylation sites is 1. The second kappa shape index (κ2) is 5.56. The number of nitrogens with zero attached hydrogens (tertiary/aromatic N) is 3. The predicted molar refractivity (Wildman–Crippen MR) is 79.7 cm³/mol. The average Bonchev–Trinajstić information content (AvgIpc) is 2.46. The van der Waals surface area contributed by atoms with Gasteiger partial charge in [0.1, 0.15) is 5.82 Å². The molecule has 0 aliphatic heterocycles. The number of pyridine rings is 1. The number of aromatic nitrogens is 1. The summed E-state index contributed by atoms with van der Waals surface area (Å²) in [5, 5.41) is 14.1. The molecule has 2 rings (SSSR count). The van der Waals surface area contributed by atoms with Crippen molar-refractivity contribution in [3.05, 3.63) is 52.1 Å². The Kier molecular flexibility index (Phi) is 3.84. The molecule has 0 spiro atoms. The Labute approximate surface area is 117 Å². The summed E-state index contributed by atoms with van der Waals surface area (Å²) in [7, 11) is 3.50. The van der Waals surface area contributed by atoms with Gasteiger partial charge in [-0.1, -0.05) is 18.2 Å². The van der Waals surface area contributed by atoms with Crippen LogP contribution in [0, 0.1) is 17.0 Å². The SMILES string of the molecule is CNc1ccc([N+](=O)[O-])c(N(C)c2ccccc2C)n1. The minimum absolute atomic E-state index is 0.0187. The topological polar surface area (TPSA) is 71.3 Å². The Bertz CT molecular complexity index is 643. The van der Waals surface area contributed by atoms with Gasteiger partial charge in [-0.3, -0.25) is 10.1 Å². The van der Waals surface area contributed by atoms with Crippen LogP contribution in [0.5, 0.6) is 0 Å². The predicted octanol–water partition coefficient (Wildman–Crippen LogP) is 3.11. The van der Waals surface area contributed by atoms with Crippen molar-refractivity contribution in [3.63, 3.8) is 0 Å². The molecule has 0 radical (unpaired) electrons. The van der Waals surface area contributed by atoms with Crippen LogP contribution in [0.4, 0.5) is 23.0 Å². The number of hydrogen-bond donors (Lipinski definition) is 1. The molecular formula is C14H16N4O2. The van der Waals surface area contributed by atoms with Gasteiger partial charge in [0.25, 0.3) is 0 Å². The van der Waals surface area contributed by atoms with Gasteiger partial charge in [0, 0.05) is 25.8 Å². The minimum Gasteiger partial charge on any atom is -0.373 e. The molecule has 0 unspecified atom stereocenters. The fourth-order valence-electron chi connectivity index (χ4n) is 2.02. The van der Waals surface area contributed by atoms with E-state index in [1.807, 2.05) is 31.2 Å². The van der Waals surface area contributed by atoms with Crippen molar-refractivity contribution < 1.29 is 4.92 Å². The summed E-state index contributed by atoms with van der Waals surface area (Å²) in [6.45, 7) is 1.96. The molecule has 1 N–H and O–H groups in total. The van der Waals surface area contributed by atoms with E-state index in [1.54, 1.807) is 25.1 Å². The lowest BCUT2D eigenvalue weighted by atomic mass is 10.2. The largest absolute Gasteiger partial charge is 0.373 e. The number of aryl methyl sites for hydroxylation is 1. The number of nitro groups is 1. The summed E-state index contributed by atoms with van der Waals surface area (Å²) in [5.74, 6) is 0.905. The normalized spacial score (nSPS) is 10.2. The second-order valence-corrected chi connectivity index (χ2v) is 4.39. The first kappa shape index (κ1) is 13.8. The maximum Gasteiger partial charge on any atom is 0.312 e. The molecule has 0 aliphatic carbocycles. The van der Waals surface area contributed by atoms with Crippen LogP contribution >= 0.6 is 0 Å². The highest BCUT2D eigenvalue weighted by molar-refractivity contribution is 5.71. The van der Waals surface area contributed by atoms with Gasteiger partial charge in [0.2, 0.25) is 5.82 Å². The Balaban J connectivity index is 2.55. The van der Waals surface area contributed by atoms with Gasteiger partial charge in [-0.25, -0.2) is 4.98 Å². The number of rotatable bonds is 4. The van der Waals surface area contributed by atoms with Crippen LogP contribution in [0.15, 0.2) is 36.4 Å². The molecular weight excluding hydrogens is 256 g/mol. The molecule has 0 saturated heterocycles. The maximum atomic E-state index is 11.2. The Hall–Kier alpha value is -2.63. The van der Waals surface area contributed by atoms with Gasteiger partial charge in [-0.15, -0.1) is 0 Å². The number of benzene rings is 1. The third-order valence-electron chi connectivity index (χ3n) is 3.10. The van der Waals surface area contributed by atoms with E-state index in [4.69, 9.17) is 0 Å². The molecule has 0 saturated carbocycles. The first-order chi connectivity index (χ1) is 9.54. The molecule has 0 aliphatic rings. The summed E-state index contributed by atoms with van der Waals surface area (Å²) in [6.07, 6.45) is 0. The quantitative estimate of drug-likeness (QED) is 0.684. The van der Waals surface area contributed by atoms with Crippen LogP contribution in [0.3, 0.4) is 0 Å². The third kappa shape index (κ3) is 2.54. The number of anilines is 3. The van der Waals surface area contributed by atoms with E-state index in [2.05, 4.69) is 10.3 Å². The molecule has 6 heteroatoms. The van der Waals surface area contributed by atoms with E-state index >= 15 is 0 Å². The molecule has 1 aromatic heterocycles. The van der Waals surface area contributed by atoms with Crippen molar-refractivity contribution in [1.82, 2.24) is 4.98 Å². The summed E-state index contributed by atoms with van der Waals surface area (Å²) >= 11 is 0. The molecule has 1 aromatic carbocycles. The molecule has 6 nitrogen and oxygen atoms in total. The fraction of sp³-hybridized carbons (Fsp3) is 0.214. The molecule has 0 amide bonds. The molecule has 0 atom stereocenters. The van der Waals surface area contributed by atoms with Crippen LogP contribution < -0.4 is 10.2 Å². The van der Waals surface area contributed by atoms with Crippen molar-refractivity contribution in [2.75, 3.05) is 24.3 Å². The maximum absolute atomic E-state index is 11.2. The molecule has 0 fully saturated rings. The Morgan fingerprint density at radius 3 is 2.55 bits per heavy atom. The summed E-state index contributed by atoms with van der Waals surface area (Å²) < 4.78 is 0. The van der Waals surface area contributed by atoms with Gasteiger partial charge < -0.3 is 10.2 Å². The van der Waals surface area contributed by atoms with Crippen molar-refractivity contribution >= 4 is 23.0 Å². The van der Waals surface area contributed by atoms with Crippen molar-refractivity contribution in [3.8, 4) is 0 Å². The van der Waals surface area contributed by atoms with E-state index in [9.17, 15) is 10.1 Å². The van der Waals surface area contributed by atoms with Crippen LogP contribution in [-0.4, -0.2) is 24.0 Å². The number of nitrogens with one attached hydrogen (secondary N) is 1. The zero-order chi connectivity index (χ0) is 14.7. The summed E-state index contributed by atoms with van der Waals surface area (Å²) in [6, 6.07) is 10.7. The van der Waals surface area contributed by atoms with Crippen LogP contribution in [0.25, 0.3) is 0 Å². The van der Waals surface area contributed by atoms with Gasteiger partial charge in [-0.2, -0.15) is 0 Å². The molecule has 20 heavy (non-hydrogen) atoms. The lowest BCUT2D eigenvalue weighted by Crippen LogP contribution is -2.15. The van der Waals surface area contributed by atoms with E-state index in [0.717, 1.165) is 11.3 Å². The van der Waals surface area contributed by atoms with Crippen LogP contribution in [0.1, 0.15) is 5.56 Å². The van der Waals surface area contributed by atoms with Gasteiger partial charge in [-0.05, 0) is 24.6 Å². The first-order valence-corrected chi connectivity index (χ1v) is 6.17. The second-order valence-electron chi connectivity index (χ2n) is 4.39. The standard InChI is InChI=1S/C14H16N4O2/c1-10-6-4-5-7-11(10)17(3)14-12(18(19)20)8-9-13(15-2)16-14/h4-9H,1-3H3,(H,15,16). The lowest BCUT2D eigenvalue weighted by molar-refractivity contribution is -0.384. The van der Waals surface area contributed by atoms with Crippen molar-refractivity contribution in [2.45, 2.75) is 6.92 Å². The van der Waals surface area contributed by atoms with Gasteiger partial charge >= 0.3 is 5.69 Å². The van der Waals surface area contributed by atoms with E-state index < -0.39 is 4.92 Å². The van der Waals surface area contributed by atoms with Gasteiger partial charge in [0.05, 0.1) is 4.92 Å². The zero-order valence-electron chi connectivity index (χ0n) is 11.6. The Morgan fingerprint density at radius 2 is 1.95 bits per heavy atom. The molecule has 104 valence electrons. The van der Waals surface area contributed by atoms with Crippen molar-refractivity contribution in [1.29, 1.82) is 0 Å². The highest BCUT2D eigenvalue weighted by atomic mass is 16.6. The molecule has 2 aromatic rings. The van der Waals surface area contributed by atoms with Crippen LogP contribution in [-0.2, 0) is 0 Å². The highest BCUT2D eigenvalue weighted by Gasteiger charge is 2.21. The minimum atomic E-state index is -0.420. The zero-order valence-corrected chi connectivity index (χ0v) is 11.6. The van der Waals surface area contributed by atoms with E-state index in [-0.39, 0.29) is 5.69 Å². The van der Waals surface area contributed by atoms with E-state index in [1.165, 1.54) is 6.07 Å². The molecule has 0 bridgehead atoms. The first-order valence-electron chi connectivity index (χ1n) is 6.17. The Morgan fingerprint density at radius 1 is 1.25 bits per heavy atom. The fourth-order valence-corrected chi connectivity index (χ4v) is 2.02. The average molecular weight is 272 g/mol. The third-order valence-corrected chi connectivity index (χ3v) is 3.10. The van der Waals surface area contributed by atoms with Crippen molar-refractivity contribution in [2.24, 2.45) is 0 Å². The highest BCUT2D eigenvalue weighted by Crippen LogP contribution is 2.33. The summed E-state index contributed by atoms with van der Waals surface area (Å²) in [5.41, 5.74) is 1.90. The molecule has 1 heterocycles. The summed E-state index contributed by atoms with van der Waals surface area (Å²) in [4.78, 5) is 16.8. The van der Waals surface area contributed by atoms with Gasteiger partial charge in [0.15, 0.2) is 0 Å². The van der Waals surface area contributed by atoms with E-state index in [0.29, 0.717) is 11.6 Å².